The highest BCUT2D eigenvalue weighted by atomic mass is 16.5. The Hall–Kier alpha value is -0.0800. The van der Waals surface area contributed by atoms with Gasteiger partial charge in [0.15, 0.2) is 0 Å². The molecule has 0 aromatic rings. The lowest BCUT2D eigenvalue weighted by Gasteiger charge is -2.41. The van der Waals surface area contributed by atoms with Crippen LogP contribution >= 0.6 is 0 Å². The van der Waals surface area contributed by atoms with E-state index in [9.17, 15) is 0 Å². The number of hydrogen-bond donors (Lipinski definition) is 1. The van der Waals surface area contributed by atoms with Crippen LogP contribution in [0.25, 0.3) is 0 Å². The van der Waals surface area contributed by atoms with Gasteiger partial charge in [0, 0.05) is 12.6 Å². The Morgan fingerprint density at radius 3 is 2.10 bits per heavy atom. The van der Waals surface area contributed by atoms with Gasteiger partial charge in [0.1, 0.15) is 0 Å². The van der Waals surface area contributed by atoms with Crippen LogP contribution in [0, 0.1) is 5.41 Å². The van der Waals surface area contributed by atoms with E-state index in [-0.39, 0.29) is 5.60 Å². The van der Waals surface area contributed by atoms with Crippen molar-refractivity contribution in [2.24, 2.45) is 5.41 Å². The summed E-state index contributed by atoms with van der Waals surface area (Å²) in [5.74, 6) is 0. The number of ether oxygens (including phenoxy) is 1. The Morgan fingerprint density at radius 2 is 1.65 bits per heavy atom. The summed E-state index contributed by atoms with van der Waals surface area (Å²) in [6, 6.07) is 0.518. The molecule has 1 rings (SSSR count). The molecular weight excluding hydrogens is 246 g/mol. The molecular formula is C18H37NO. The molecule has 1 atom stereocenters. The number of hydrogen-bond acceptors (Lipinski definition) is 2. The van der Waals surface area contributed by atoms with E-state index < -0.39 is 0 Å². The van der Waals surface area contributed by atoms with E-state index in [1.54, 1.807) is 0 Å². The highest BCUT2D eigenvalue weighted by Gasteiger charge is 2.39. The van der Waals surface area contributed by atoms with Crippen LogP contribution in [-0.4, -0.2) is 24.8 Å². The lowest BCUT2D eigenvalue weighted by Crippen LogP contribution is -2.52. The van der Waals surface area contributed by atoms with Crippen LogP contribution in [0.2, 0.25) is 0 Å². The van der Waals surface area contributed by atoms with Crippen molar-refractivity contribution in [2.75, 3.05) is 13.2 Å². The topological polar surface area (TPSA) is 21.3 Å². The highest BCUT2D eigenvalue weighted by Crippen LogP contribution is 2.36. The van der Waals surface area contributed by atoms with Gasteiger partial charge in [-0.15, -0.1) is 0 Å². The van der Waals surface area contributed by atoms with E-state index in [4.69, 9.17) is 4.74 Å². The Balaban J connectivity index is 2.80. The summed E-state index contributed by atoms with van der Waals surface area (Å²) in [5.41, 5.74) is 0.498. The first-order chi connectivity index (χ1) is 9.43. The lowest BCUT2D eigenvalue weighted by atomic mass is 9.79. The van der Waals surface area contributed by atoms with Gasteiger partial charge < -0.3 is 10.1 Å². The second kappa shape index (κ2) is 8.38. The Bertz CT molecular complexity index is 249. The zero-order chi connectivity index (χ0) is 15.1. The van der Waals surface area contributed by atoms with Crippen LogP contribution in [0.4, 0.5) is 0 Å². The normalized spacial score (nSPS) is 21.4. The van der Waals surface area contributed by atoms with Crippen LogP contribution in [0.5, 0.6) is 0 Å². The van der Waals surface area contributed by atoms with Gasteiger partial charge in [-0.1, -0.05) is 53.4 Å². The molecule has 1 aliphatic carbocycles. The molecule has 1 fully saturated rings. The van der Waals surface area contributed by atoms with Crippen molar-refractivity contribution in [3.05, 3.63) is 0 Å². The van der Waals surface area contributed by atoms with Crippen LogP contribution in [-0.2, 0) is 4.74 Å². The summed E-state index contributed by atoms with van der Waals surface area (Å²) >= 11 is 0. The first kappa shape index (κ1) is 18.0. The van der Waals surface area contributed by atoms with Gasteiger partial charge in [-0.25, -0.2) is 0 Å². The first-order valence-electron chi connectivity index (χ1n) is 8.81. The highest BCUT2D eigenvalue weighted by molar-refractivity contribution is 4.95. The van der Waals surface area contributed by atoms with Crippen molar-refractivity contribution in [2.45, 2.75) is 97.6 Å². The molecule has 2 heteroatoms. The predicted octanol–water partition coefficient (Wildman–Crippen LogP) is 4.92. The standard InChI is InChI=1S/C18H37NO/c1-6-19-16(12-15-17(3,4)5)18(20-7-2)13-10-8-9-11-14-18/h16,19H,6-15H2,1-5H3. The molecule has 0 amide bonds. The van der Waals surface area contributed by atoms with E-state index >= 15 is 0 Å². The minimum atomic E-state index is 0.0898. The van der Waals surface area contributed by atoms with E-state index in [1.165, 1.54) is 51.4 Å². The van der Waals surface area contributed by atoms with Gasteiger partial charge in [0.2, 0.25) is 0 Å². The molecule has 2 nitrogen and oxygen atoms in total. The van der Waals surface area contributed by atoms with Gasteiger partial charge in [0.25, 0.3) is 0 Å². The SMILES string of the molecule is CCNC(CCC(C)(C)C)C1(OCC)CCCCCC1. The van der Waals surface area contributed by atoms with Crippen LogP contribution in [0.15, 0.2) is 0 Å². The molecule has 1 saturated carbocycles. The fourth-order valence-corrected chi connectivity index (χ4v) is 3.58. The maximum absolute atomic E-state index is 6.37. The second-order valence-corrected chi connectivity index (χ2v) is 7.62. The van der Waals surface area contributed by atoms with Crippen LogP contribution < -0.4 is 5.32 Å². The minimum absolute atomic E-state index is 0.0898. The third-order valence-corrected chi connectivity index (χ3v) is 4.65. The van der Waals surface area contributed by atoms with E-state index in [0.717, 1.165) is 13.2 Å². The summed E-state index contributed by atoms with van der Waals surface area (Å²) in [4.78, 5) is 0. The largest absolute Gasteiger partial charge is 0.374 e. The van der Waals surface area contributed by atoms with Crippen molar-refractivity contribution in [1.82, 2.24) is 5.32 Å². The van der Waals surface area contributed by atoms with E-state index in [2.05, 4.69) is 39.9 Å². The molecule has 0 aromatic carbocycles. The number of likely N-dealkylation sites (N-methyl/N-ethyl adjacent to an activating group) is 1. The van der Waals surface area contributed by atoms with Gasteiger partial charge in [-0.2, -0.15) is 0 Å². The second-order valence-electron chi connectivity index (χ2n) is 7.62. The van der Waals surface area contributed by atoms with Crippen molar-refractivity contribution in [3.63, 3.8) is 0 Å². The van der Waals surface area contributed by atoms with Gasteiger partial charge in [-0.3, -0.25) is 0 Å². The van der Waals surface area contributed by atoms with Crippen LogP contribution in [0.1, 0.15) is 86.0 Å². The van der Waals surface area contributed by atoms with Crippen LogP contribution in [0.3, 0.4) is 0 Å². The molecule has 1 unspecified atom stereocenters. The van der Waals surface area contributed by atoms with Crippen molar-refractivity contribution in [3.8, 4) is 0 Å². The van der Waals surface area contributed by atoms with Gasteiger partial charge >= 0.3 is 0 Å². The maximum Gasteiger partial charge on any atom is 0.0834 e. The summed E-state index contributed by atoms with van der Waals surface area (Å²) < 4.78 is 6.37. The molecule has 1 aliphatic rings. The molecule has 0 saturated heterocycles. The number of rotatable bonds is 7. The van der Waals surface area contributed by atoms with Gasteiger partial charge in [-0.05, 0) is 44.6 Å². The van der Waals surface area contributed by atoms with E-state index in [0.29, 0.717) is 11.5 Å². The molecule has 0 bridgehead atoms. The Kier molecular flexibility index (Phi) is 7.53. The van der Waals surface area contributed by atoms with E-state index in [1.807, 2.05) is 0 Å². The fraction of sp³-hybridized carbons (Fsp3) is 1.00. The molecule has 20 heavy (non-hydrogen) atoms. The molecule has 1 N–H and O–H groups in total. The summed E-state index contributed by atoms with van der Waals surface area (Å²) in [6.45, 7) is 13.3. The quantitative estimate of drug-likeness (QED) is 0.670. The third-order valence-electron chi connectivity index (χ3n) is 4.65. The summed E-state index contributed by atoms with van der Waals surface area (Å²) in [6.07, 6.45) is 10.4. The summed E-state index contributed by atoms with van der Waals surface area (Å²) in [7, 11) is 0. The van der Waals surface area contributed by atoms with Gasteiger partial charge in [0.05, 0.1) is 5.60 Å². The fourth-order valence-electron chi connectivity index (χ4n) is 3.58. The molecule has 120 valence electrons. The minimum Gasteiger partial charge on any atom is -0.374 e. The van der Waals surface area contributed by atoms with Crippen molar-refractivity contribution < 1.29 is 4.74 Å². The third kappa shape index (κ3) is 5.73. The smallest absolute Gasteiger partial charge is 0.0834 e. The molecule has 0 aromatic heterocycles. The monoisotopic (exact) mass is 283 g/mol. The molecule has 0 spiro atoms. The summed E-state index contributed by atoms with van der Waals surface area (Å²) in [5, 5.41) is 3.75. The van der Waals surface area contributed by atoms with Crippen molar-refractivity contribution >= 4 is 0 Å². The Morgan fingerprint density at radius 1 is 1.05 bits per heavy atom. The number of nitrogens with one attached hydrogen (secondary N) is 1. The molecule has 0 aliphatic heterocycles. The first-order valence-corrected chi connectivity index (χ1v) is 8.81. The predicted molar refractivity (Wildman–Crippen MR) is 88.2 cm³/mol. The Labute approximate surface area is 127 Å². The zero-order valence-corrected chi connectivity index (χ0v) is 14.6. The lowest BCUT2D eigenvalue weighted by molar-refractivity contribution is -0.0798. The average molecular weight is 284 g/mol. The molecule has 0 heterocycles. The zero-order valence-electron chi connectivity index (χ0n) is 14.6. The maximum atomic E-state index is 6.37. The molecule has 0 radical (unpaired) electrons. The average Bonchev–Trinajstić information content (AvgIpc) is 2.60. The van der Waals surface area contributed by atoms with Crippen molar-refractivity contribution in [1.29, 1.82) is 0 Å².